The van der Waals surface area contributed by atoms with E-state index in [9.17, 15) is 44.1 Å². The third-order valence-corrected chi connectivity index (χ3v) is 16.4. The zero-order chi connectivity index (χ0) is 51.7. The molecule has 16 heteroatoms. The first-order chi connectivity index (χ1) is 33.7. The number of piperidine rings is 1. The SMILES string of the molecule is COC1CC(C[C@H]2C3CCCN4C(=O)C(=O)C5(O)O[C@H](CC/C(C)=C/C=C/C=C/[C@@H](C)CC(C)C(=O)[C@H](OC)C(O)/C(C)=C/[C@@H](C)C(=O)C[C@@H]2OC(=O)C34)CCC5C)CC[C@H]1OC(=O)CN1CCC(O)C1. The minimum absolute atomic E-state index is 0.0157. The highest BCUT2D eigenvalue weighted by Gasteiger charge is 2.57. The monoisotopic (exact) mass is 995 g/mol. The highest BCUT2D eigenvalue weighted by Crippen LogP contribution is 2.45. The Balaban J connectivity index is 1.28. The van der Waals surface area contributed by atoms with E-state index in [0.717, 1.165) is 5.57 Å². The van der Waals surface area contributed by atoms with E-state index in [1.165, 1.54) is 12.0 Å². The van der Waals surface area contributed by atoms with Gasteiger partial charge in [0.25, 0.3) is 11.7 Å². The summed E-state index contributed by atoms with van der Waals surface area (Å²) in [5.41, 5.74) is 1.44. The molecule has 4 bridgehead atoms. The van der Waals surface area contributed by atoms with Crippen molar-refractivity contribution in [2.24, 2.45) is 41.4 Å². The molecule has 16 nitrogen and oxygen atoms in total. The van der Waals surface area contributed by atoms with Crippen LogP contribution in [0.3, 0.4) is 0 Å². The van der Waals surface area contributed by atoms with Gasteiger partial charge in [0.05, 0.1) is 24.9 Å². The van der Waals surface area contributed by atoms with Gasteiger partial charge < -0.3 is 43.9 Å². The van der Waals surface area contributed by atoms with E-state index in [2.05, 4.69) is 0 Å². The predicted octanol–water partition coefficient (Wildman–Crippen LogP) is 5.39. The van der Waals surface area contributed by atoms with Crippen LogP contribution < -0.4 is 0 Å². The molecule has 0 aromatic carbocycles. The second-order valence-electron chi connectivity index (χ2n) is 21.8. The molecule has 5 fully saturated rings. The number of β-amino-alcohol motifs (C(OH)–C–C–N with tert-alkyl or cyclic N) is 1. The van der Waals surface area contributed by atoms with Crippen molar-refractivity contribution < 1.29 is 67.8 Å². The number of hydrogen-bond donors (Lipinski definition) is 3. The van der Waals surface area contributed by atoms with E-state index >= 15 is 0 Å². The van der Waals surface area contributed by atoms with Crippen LogP contribution in [0.25, 0.3) is 0 Å². The number of Topliss-reactive ketones (excluding diaryl/α,β-unsaturated/α-hetero) is 3. The molecule has 5 aliphatic heterocycles. The summed E-state index contributed by atoms with van der Waals surface area (Å²) >= 11 is 0. The third-order valence-electron chi connectivity index (χ3n) is 16.4. The van der Waals surface area contributed by atoms with Gasteiger partial charge in [-0.3, -0.25) is 28.9 Å². The van der Waals surface area contributed by atoms with Gasteiger partial charge >= 0.3 is 11.9 Å². The van der Waals surface area contributed by atoms with Crippen LogP contribution in [-0.2, 0) is 52.5 Å². The summed E-state index contributed by atoms with van der Waals surface area (Å²) in [6.45, 7) is 12.0. The maximum atomic E-state index is 14.5. The van der Waals surface area contributed by atoms with Crippen molar-refractivity contribution in [3.05, 3.63) is 47.6 Å². The van der Waals surface area contributed by atoms with Crippen molar-refractivity contribution in [2.75, 3.05) is 40.4 Å². The quantitative estimate of drug-likeness (QED) is 0.166. The molecule has 71 heavy (non-hydrogen) atoms. The van der Waals surface area contributed by atoms with Crippen LogP contribution in [-0.4, -0.2) is 155 Å². The number of aliphatic hydroxyl groups excluding tert-OH is 2. The fraction of sp³-hybridized carbons (Fsp3) is 0.745. The fourth-order valence-electron chi connectivity index (χ4n) is 12.1. The van der Waals surface area contributed by atoms with Crippen molar-refractivity contribution in [1.29, 1.82) is 0 Å². The van der Waals surface area contributed by atoms with Gasteiger partial charge in [0, 0.05) is 63.9 Å². The summed E-state index contributed by atoms with van der Waals surface area (Å²) in [4.78, 5) is 87.5. The molecular formula is C55H82N2O14. The summed E-state index contributed by atoms with van der Waals surface area (Å²) in [5.74, 6) is -8.92. The predicted molar refractivity (Wildman–Crippen MR) is 263 cm³/mol. The zero-order valence-electron chi connectivity index (χ0n) is 43.4. The Morgan fingerprint density at radius 1 is 0.873 bits per heavy atom. The number of rotatable bonds is 7. The van der Waals surface area contributed by atoms with Crippen molar-refractivity contribution >= 4 is 35.2 Å². The first-order valence-electron chi connectivity index (χ1n) is 26.3. The minimum atomic E-state index is -2.39. The lowest BCUT2D eigenvalue weighted by atomic mass is 9.68. The number of carbonyl (C=O) groups is 6. The fourth-order valence-corrected chi connectivity index (χ4v) is 12.1. The first kappa shape index (κ1) is 56.4. The molecular weight excluding hydrogens is 913 g/mol. The number of nitrogens with zero attached hydrogens (tertiary/aromatic N) is 2. The standard InChI is InChI=1S/C55H82N2O14/c1-32-13-10-9-11-14-33(2)25-35(4)49(61)51(68-8)50(62)36(5)26-34(3)43(59)29-45-42(27-38-18-21-44(46(28-38)67-7)69-47(60)31-56-24-22-39(58)30-56)41-15-12-23-57(48(41)54(65)70-45)53(64)52(63)55(66)37(6)17-20-40(71-55)19-16-32/h9-11,13-14,26,33-35,37-42,44-46,48,50-51,58,62,66H,12,15-25,27-31H2,1-8H3/b10-9+,14-11+,32-13+,36-26+/t33-,34-,35?,37?,38?,39?,40-,41?,42+,44-,45+,46?,48?,50?,51+,55?/m1/s1. The van der Waals surface area contributed by atoms with Crippen LogP contribution >= 0.6 is 0 Å². The lowest BCUT2D eigenvalue weighted by Gasteiger charge is -2.50. The molecule has 0 radical (unpaired) electrons. The molecule has 4 saturated heterocycles. The Labute approximate surface area is 420 Å². The number of esters is 2. The Morgan fingerprint density at radius 2 is 1.63 bits per heavy atom. The summed E-state index contributed by atoms with van der Waals surface area (Å²) in [5, 5.41) is 33.5. The lowest BCUT2D eigenvalue weighted by Crippen LogP contribution is -2.65. The topological polar surface area (TPSA) is 216 Å². The zero-order valence-corrected chi connectivity index (χ0v) is 43.4. The molecule has 396 valence electrons. The molecule has 5 heterocycles. The Kier molecular flexibility index (Phi) is 20.1. The number of amides is 1. The minimum Gasteiger partial charge on any atom is -0.460 e. The van der Waals surface area contributed by atoms with Crippen LogP contribution in [0.15, 0.2) is 47.6 Å². The number of ether oxygens (including phenoxy) is 5. The van der Waals surface area contributed by atoms with Crippen molar-refractivity contribution in [1.82, 2.24) is 9.80 Å². The average Bonchev–Trinajstić information content (AvgIpc) is 3.75. The normalized spacial score (nSPS) is 41.4. The Bertz CT molecular complexity index is 2030. The van der Waals surface area contributed by atoms with Gasteiger partial charge in [0.2, 0.25) is 5.79 Å². The van der Waals surface area contributed by atoms with E-state index in [0.29, 0.717) is 95.7 Å². The average molecular weight is 995 g/mol. The second-order valence-corrected chi connectivity index (χ2v) is 21.8. The Morgan fingerprint density at radius 3 is 2.34 bits per heavy atom. The summed E-state index contributed by atoms with van der Waals surface area (Å²) in [6.07, 6.45) is 12.4. The van der Waals surface area contributed by atoms with Gasteiger partial charge in [0.1, 0.15) is 36.2 Å². The molecule has 0 spiro atoms. The van der Waals surface area contributed by atoms with E-state index in [1.54, 1.807) is 34.0 Å². The molecule has 3 N–H and O–H groups in total. The van der Waals surface area contributed by atoms with Crippen LogP contribution in [0.4, 0.5) is 0 Å². The van der Waals surface area contributed by atoms with Crippen LogP contribution in [0, 0.1) is 41.4 Å². The molecule has 0 aromatic heterocycles. The largest absolute Gasteiger partial charge is 0.460 e. The smallest absolute Gasteiger partial charge is 0.329 e. The number of carbonyl (C=O) groups excluding carboxylic acids is 6. The van der Waals surface area contributed by atoms with Crippen molar-refractivity contribution in [3.63, 3.8) is 0 Å². The molecule has 16 atom stereocenters. The van der Waals surface area contributed by atoms with E-state index in [-0.39, 0.29) is 48.9 Å². The number of hydrogen-bond acceptors (Lipinski definition) is 15. The lowest BCUT2D eigenvalue weighted by molar-refractivity contribution is -0.263. The number of ketones is 3. The van der Waals surface area contributed by atoms with Crippen LogP contribution in [0.2, 0.25) is 0 Å². The molecule has 1 amide bonds. The van der Waals surface area contributed by atoms with Gasteiger partial charge in [-0.25, -0.2) is 4.79 Å². The molecule has 6 aliphatic rings. The number of allylic oxidation sites excluding steroid dienone is 7. The first-order valence-corrected chi connectivity index (χ1v) is 26.3. The Hall–Kier alpha value is -3.90. The molecule has 9 unspecified atom stereocenters. The van der Waals surface area contributed by atoms with Gasteiger partial charge in [-0.2, -0.15) is 0 Å². The van der Waals surface area contributed by atoms with Gasteiger partial charge in [-0.1, -0.05) is 69.7 Å². The van der Waals surface area contributed by atoms with Crippen molar-refractivity contribution in [3.8, 4) is 0 Å². The summed E-state index contributed by atoms with van der Waals surface area (Å²) in [7, 11) is 2.96. The molecule has 1 aliphatic carbocycles. The molecule has 0 aromatic rings. The maximum absolute atomic E-state index is 14.5. The maximum Gasteiger partial charge on any atom is 0.329 e. The summed E-state index contributed by atoms with van der Waals surface area (Å²) in [6, 6.07) is -1.15. The van der Waals surface area contributed by atoms with Gasteiger partial charge in [0.15, 0.2) is 5.78 Å². The van der Waals surface area contributed by atoms with Gasteiger partial charge in [-0.15, -0.1) is 0 Å². The number of methoxy groups -OCH3 is 2. The van der Waals surface area contributed by atoms with Crippen LogP contribution in [0.1, 0.15) is 125 Å². The number of aliphatic hydroxyl groups is 3. The van der Waals surface area contributed by atoms with Crippen molar-refractivity contribution in [2.45, 2.75) is 180 Å². The van der Waals surface area contributed by atoms with Gasteiger partial charge in [-0.05, 0) is 114 Å². The van der Waals surface area contributed by atoms with E-state index in [4.69, 9.17) is 23.7 Å². The van der Waals surface area contributed by atoms with E-state index < -0.39 is 102 Å². The molecule has 1 saturated carbocycles. The number of likely N-dealkylation sites (tertiary alicyclic amines) is 1. The third kappa shape index (κ3) is 14.0. The van der Waals surface area contributed by atoms with Crippen LogP contribution in [0.5, 0.6) is 0 Å². The number of fused-ring (bicyclic) bond motifs is 4. The highest BCUT2D eigenvalue weighted by molar-refractivity contribution is 6.39. The highest BCUT2D eigenvalue weighted by atomic mass is 16.6. The molecule has 6 rings (SSSR count). The second kappa shape index (κ2) is 25.4. The van der Waals surface area contributed by atoms with E-state index in [1.807, 2.05) is 56.1 Å². The summed E-state index contributed by atoms with van der Waals surface area (Å²) < 4.78 is 29.9.